The second kappa shape index (κ2) is 13.7. The fourth-order valence-electron chi connectivity index (χ4n) is 2.45. The molecule has 0 fully saturated rings. The van der Waals surface area contributed by atoms with Gasteiger partial charge < -0.3 is 14.8 Å². The van der Waals surface area contributed by atoms with Crippen molar-refractivity contribution in [1.29, 1.82) is 0 Å². The van der Waals surface area contributed by atoms with Gasteiger partial charge in [-0.1, -0.05) is 49.4 Å². The minimum Gasteiger partial charge on any atom is -0.356 e. The van der Waals surface area contributed by atoms with Crippen LogP contribution in [0.1, 0.15) is 41.0 Å². The van der Waals surface area contributed by atoms with Crippen molar-refractivity contribution in [2.24, 2.45) is 5.92 Å². The van der Waals surface area contributed by atoms with Gasteiger partial charge in [0, 0.05) is 32.9 Å². The van der Waals surface area contributed by atoms with E-state index in [0.717, 1.165) is 35.8 Å². The molecule has 0 aliphatic carbocycles. The number of carbonyl (C=O) groups excluding carboxylic acids is 1. The van der Waals surface area contributed by atoms with Crippen molar-refractivity contribution >= 4 is 14.0 Å². The van der Waals surface area contributed by atoms with E-state index in [1.54, 1.807) is 12.3 Å². The topological polar surface area (TPSA) is 47.6 Å². The first-order valence-corrected chi connectivity index (χ1v) is 13.8. The third-order valence-corrected chi connectivity index (χ3v) is 5.72. The zero-order valence-electron chi connectivity index (χ0n) is 19.2. The molecule has 0 radical (unpaired) electrons. The summed E-state index contributed by atoms with van der Waals surface area (Å²) in [6.07, 6.45) is 8.12. The maximum absolute atomic E-state index is 11.6. The van der Waals surface area contributed by atoms with Gasteiger partial charge in [-0.3, -0.25) is 4.79 Å². The molecule has 2 atom stereocenters. The molecule has 0 aromatic heterocycles. The number of ether oxygens (including phenoxy) is 2. The Morgan fingerprint density at radius 2 is 1.82 bits per heavy atom. The first kappa shape index (κ1) is 26.6. The molecule has 0 aliphatic heterocycles. The summed E-state index contributed by atoms with van der Waals surface area (Å²) in [5.74, 6) is 0.0893. The van der Waals surface area contributed by atoms with E-state index >= 15 is 0 Å². The van der Waals surface area contributed by atoms with Gasteiger partial charge in [-0.15, -0.1) is 6.58 Å². The van der Waals surface area contributed by atoms with E-state index in [1.807, 2.05) is 33.8 Å². The summed E-state index contributed by atoms with van der Waals surface area (Å²) < 4.78 is 11.7. The van der Waals surface area contributed by atoms with Crippen LogP contribution in [0.4, 0.5) is 0 Å². The third kappa shape index (κ3) is 15.6. The van der Waals surface area contributed by atoms with Gasteiger partial charge in [-0.25, -0.2) is 0 Å². The summed E-state index contributed by atoms with van der Waals surface area (Å²) >= 11 is 0. The second-order valence-electron chi connectivity index (χ2n) is 9.04. The molecule has 160 valence electrons. The number of rotatable bonds is 13. The van der Waals surface area contributed by atoms with Gasteiger partial charge in [0.1, 0.15) is 6.79 Å². The average Bonchev–Trinajstić information content (AvgIpc) is 2.51. The third-order valence-electron chi connectivity index (χ3n) is 4.02. The van der Waals surface area contributed by atoms with Gasteiger partial charge in [-0.2, -0.15) is 0 Å². The van der Waals surface area contributed by atoms with E-state index in [0.29, 0.717) is 6.79 Å². The van der Waals surface area contributed by atoms with E-state index in [9.17, 15) is 4.79 Å². The molecule has 0 rings (SSSR count). The first-order valence-electron chi connectivity index (χ1n) is 10.0. The number of allylic oxidation sites excluding steroid dienone is 3. The summed E-state index contributed by atoms with van der Waals surface area (Å²) in [6, 6.07) is 1.14. The number of amides is 1. The van der Waals surface area contributed by atoms with Crippen LogP contribution in [0.5, 0.6) is 0 Å². The van der Waals surface area contributed by atoms with Gasteiger partial charge in [0.05, 0.1) is 6.10 Å². The summed E-state index contributed by atoms with van der Waals surface area (Å²) in [5.41, 5.74) is 3.13. The summed E-state index contributed by atoms with van der Waals surface area (Å²) in [4.78, 5) is 11.6. The van der Waals surface area contributed by atoms with Gasteiger partial charge in [0.25, 0.3) is 0 Å². The van der Waals surface area contributed by atoms with E-state index < -0.39 is 8.07 Å². The lowest BCUT2D eigenvalue weighted by molar-refractivity contribution is -0.115. The zero-order valence-corrected chi connectivity index (χ0v) is 20.2. The fourth-order valence-corrected chi connectivity index (χ4v) is 3.21. The number of nitrogens with one attached hydrogen (secondary N) is 1. The van der Waals surface area contributed by atoms with Crippen molar-refractivity contribution in [3.05, 3.63) is 47.7 Å². The van der Waals surface area contributed by atoms with E-state index in [2.05, 4.69) is 44.5 Å². The molecule has 0 aliphatic rings. The van der Waals surface area contributed by atoms with Crippen molar-refractivity contribution in [2.75, 3.05) is 13.4 Å². The molecule has 0 spiro atoms. The lowest BCUT2D eigenvalue weighted by atomic mass is 9.96. The van der Waals surface area contributed by atoms with Crippen molar-refractivity contribution < 1.29 is 14.3 Å². The molecule has 0 aromatic carbocycles. The molecule has 0 unspecified atom stereocenters. The Hall–Kier alpha value is -1.43. The Labute approximate surface area is 173 Å². The molecule has 0 saturated heterocycles. The lowest BCUT2D eigenvalue weighted by Crippen LogP contribution is -2.25. The Kier molecular flexibility index (Phi) is 13.0. The summed E-state index contributed by atoms with van der Waals surface area (Å²) in [5, 5.41) is 2.74. The Morgan fingerprint density at radius 1 is 1.18 bits per heavy atom. The summed E-state index contributed by atoms with van der Waals surface area (Å²) in [6.45, 7) is 22.1. The van der Waals surface area contributed by atoms with Crippen LogP contribution in [0.3, 0.4) is 0 Å². The van der Waals surface area contributed by atoms with E-state index in [-0.39, 0.29) is 17.9 Å². The molecular weight excluding hydrogens is 366 g/mol. The van der Waals surface area contributed by atoms with E-state index in [1.165, 1.54) is 0 Å². The van der Waals surface area contributed by atoms with Crippen molar-refractivity contribution in [2.45, 2.75) is 72.8 Å². The first-order chi connectivity index (χ1) is 12.9. The van der Waals surface area contributed by atoms with Crippen molar-refractivity contribution in [1.82, 2.24) is 5.32 Å². The highest BCUT2D eigenvalue weighted by Gasteiger charge is 2.17. The quantitative estimate of drug-likeness (QED) is 0.104. The molecule has 0 bridgehead atoms. The highest BCUT2D eigenvalue weighted by molar-refractivity contribution is 6.76. The van der Waals surface area contributed by atoms with Crippen LogP contribution in [-0.4, -0.2) is 33.5 Å². The van der Waals surface area contributed by atoms with Crippen LogP contribution in [0, 0.1) is 5.92 Å². The minimum absolute atomic E-state index is 0.0213. The molecule has 1 amide bonds. The molecule has 1 N–H and O–H groups in total. The standard InChI is InChI=1S/C23H41NO3Si/c1-18(2)14-22(27-17-26-12-13-28(7,8)9)21(6)16-20(5)10-11-24-23(25)15-19(3)4/h10-11,15-16,21-22H,1,12-14,17H2,2-9H3,(H,24,25)/b11-10+,20-16+/t21-,22+/m1/s1. The molecule has 0 aromatic rings. The maximum Gasteiger partial charge on any atom is 0.247 e. The van der Waals surface area contributed by atoms with E-state index in [4.69, 9.17) is 9.47 Å². The van der Waals surface area contributed by atoms with Crippen LogP contribution < -0.4 is 5.32 Å². The predicted molar refractivity (Wildman–Crippen MR) is 123 cm³/mol. The van der Waals surface area contributed by atoms with Gasteiger partial charge in [0.15, 0.2) is 0 Å². The monoisotopic (exact) mass is 407 g/mol. The largest absolute Gasteiger partial charge is 0.356 e. The number of hydrogen-bond acceptors (Lipinski definition) is 3. The molecule has 0 saturated carbocycles. The van der Waals surface area contributed by atoms with Crippen LogP contribution in [0.25, 0.3) is 0 Å². The molecule has 4 nitrogen and oxygen atoms in total. The fraction of sp³-hybridized carbons (Fsp3) is 0.609. The molecular formula is C23H41NO3Si. The Morgan fingerprint density at radius 3 is 2.36 bits per heavy atom. The van der Waals surface area contributed by atoms with Crippen molar-refractivity contribution in [3.63, 3.8) is 0 Å². The molecule has 28 heavy (non-hydrogen) atoms. The highest BCUT2D eigenvalue weighted by Crippen LogP contribution is 2.19. The van der Waals surface area contributed by atoms with Crippen LogP contribution in [0.2, 0.25) is 25.7 Å². The van der Waals surface area contributed by atoms with Gasteiger partial charge >= 0.3 is 0 Å². The highest BCUT2D eigenvalue weighted by atomic mass is 28.3. The molecule has 5 heteroatoms. The van der Waals surface area contributed by atoms with Gasteiger partial charge in [-0.05, 0) is 46.2 Å². The second-order valence-corrected chi connectivity index (χ2v) is 14.7. The van der Waals surface area contributed by atoms with Crippen LogP contribution in [0.15, 0.2) is 47.7 Å². The van der Waals surface area contributed by atoms with Crippen LogP contribution >= 0.6 is 0 Å². The smallest absolute Gasteiger partial charge is 0.247 e. The summed E-state index contributed by atoms with van der Waals surface area (Å²) in [7, 11) is -1.08. The van der Waals surface area contributed by atoms with Gasteiger partial charge in [0.2, 0.25) is 5.91 Å². The Bertz CT molecular complexity index is 581. The minimum atomic E-state index is -1.08. The predicted octanol–water partition coefficient (Wildman–Crippen LogP) is 5.83. The molecule has 0 heterocycles. The van der Waals surface area contributed by atoms with Crippen molar-refractivity contribution in [3.8, 4) is 0 Å². The SMILES string of the molecule is C=C(C)C[C@H](OCOCC[Si](C)(C)C)[C@H](C)/C=C(C)/C=C/NC(=O)C=C(C)C. The maximum atomic E-state index is 11.6. The average molecular weight is 408 g/mol. The Balaban J connectivity index is 4.66. The number of hydrogen-bond donors (Lipinski definition) is 1. The van der Waals surface area contributed by atoms with Crippen LogP contribution in [-0.2, 0) is 14.3 Å². The normalized spacial score (nSPS) is 14.6. The zero-order chi connectivity index (χ0) is 21.7. The lowest BCUT2D eigenvalue weighted by Gasteiger charge is -2.23. The number of carbonyl (C=O) groups is 1.